The zero-order chi connectivity index (χ0) is 25.0. The van der Waals surface area contributed by atoms with Crippen molar-refractivity contribution in [3.8, 4) is 0 Å². The smallest absolute Gasteiger partial charge is 0.383 e. The quantitative estimate of drug-likeness (QED) is 0.0941. The Bertz CT molecular complexity index is 1270. The average molecular weight is 539 g/mol. The molecule has 0 radical (unpaired) electrons. The summed E-state index contributed by atoms with van der Waals surface area (Å²) in [6.45, 7) is -1.36. The van der Waals surface area contributed by atoms with E-state index < -0.39 is 71.0 Å². The first-order chi connectivity index (χ1) is 15.0. The molecule has 6 N–H and O–H groups in total. The molecule has 0 bridgehead atoms. The molecule has 2 heterocycles. The van der Waals surface area contributed by atoms with E-state index in [2.05, 4.69) is 23.2 Å². The maximum Gasteiger partial charge on any atom is 0.490 e. The second-order valence-electron chi connectivity index (χ2n) is 6.61. The second kappa shape index (κ2) is 8.18. The number of phosphoric acid groups is 3. The van der Waals surface area contributed by atoms with Crippen LogP contribution in [-0.4, -0.2) is 64.3 Å². The first-order valence-electron chi connectivity index (χ1n) is 8.16. The van der Waals surface area contributed by atoms with Crippen molar-refractivity contribution in [2.24, 2.45) is 5.11 Å². The predicted molar refractivity (Wildman–Crippen MR) is 96.8 cm³/mol. The summed E-state index contributed by atoms with van der Waals surface area (Å²) in [6.07, 6.45) is -3.67. The van der Waals surface area contributed by atoms with Gasteiger partial charge in [0.15, 0.2) is 12.4 Å². The molecule has 1 aliphatic heterocycles. The van der Waals surface area contributed by atoms with Crippen molar-refractivity contribution in [1.29, 1.82) is 0 Å². The Kier molecular flexibility index (Phi) is 6.41. The van der Waals surface area contributed by atoms with Crippen LogP contribution in [0.3, 0.4) is 0 Å². The number of alkyl halides is 1. The highest BCUT2D eigenvalue weighted by Gasteiger charge is 2.88. The van der Waals surface area contributed by atoms with Crippen LogP contribution in [0.4, 0.5) is 4.39 Å². The summed E-state index contributed by atoms with van der Waals surface area (Å²) in [4.78, 5) is 63.0. The second-order valence-corrected chi connectivity index (χ2v) is 11.0. The first-order valence-corrected chi connectivity index (χ1v) is 12.7. The van der Waals surface area contributed by atoms with Crippen molar-refractivity contribution in [2.45, 2.75) is 29.6 Å². The average Bonchev–Trinajstić information content (AvgIpc) is 3.03. The lowest BCUT2D eigenvalue weighted by atomic mass is 10.1. The van der Waals surface area contributed by atoms with Crippen molar-refractivity contribution < 1.29 is 60.6 Å². The van der Waals surface area contributed by atoms with Gasteiger partial charge in [-0.2, -0.15) is 8.62 Å². The summed E-state index contributed by atoms with van der Waals surface area (Å²) >= 11 is 0. The van der Waals surface area contributed by atoms with E-state index in [-0.39, 0.29) is 0 Å². The molecule has 1 saturated carbocycles. The number of fused-ring (bicyclic) bond motifs is 1. The molecule has 1 saturated heterocycles. The third kappa shape index (κ3) is 4.76. The van der Waals surface area contributed by atoms with E-state index in [4.69, 9.17) is 24.9 Å². The van der Waals surface area contributed by atoms with Gasteiger partial charge < -0.3 is 29.4 Å². The number of H-pyrrole nitrogens is 1. The van der Waals surface area contributed by atoms with E-state index in [0.717, 1.165) is 12.3 Å². The third-order valence-electron chi connectivity index (χ3n) is 4.61. The van der Waals surface area contributed by atoms with Crippen LogP contribution >= 0.6 is 23.5 Å². The van der Waals surface area contributed by atoms with Crippen LogP contribution in [-0.2, 0) is 31.6 Å². The Labute approximate surface area is 179 Å². The van der Waals surface area contributed by atoms with Crippen LogP contribution in [0.2, 0.25) is 0 Å². The summed E-state index contributed by atoms with van der Waals surface area (Å²) in [7, 11) is -17.3. The van der Waals surface area contributed by atoms with Crippen molar-refractivity contribution in [3.05, 3.63) is 43.5 Å². The van der Waals surface area contributed by atoms with Crippen LogP contribution in [0.1, 0.15) is 6.23 Å². The lowest BCUT2D eigenvalue weighted by Crippen LogP contribution is -2.39. The van der Waals surface area contributed by atoms with Crippen LogP contribution < -0.4 is 11.2 Å². The number of ether oxygens (including phenoxy) is 1. The molecule has 1 aliphatic carbocycles. The van der Waals surface area contributed by atoms with Gasteiger partial charge in [-0.15, -0.1) is 0 Å². The molecule has 0 aromatic carbocycles. The minimum Gasteiger partial charge on any atom is -0.383 e. The lowest BCUT2D eigenvalue weighted by Gasteiger charge is -2.23. The van der Waals surface area contributed by atoms with Crippen LogP contribution in [0.15, 0.2) is 27.0 Å². The largest absolute Gasteiger partial charge is 0.490 e. The highest BCUT2D eigenvalue weighted by atomic mass is 31.3. The Morgan fingerprint density at radius 1 is 1.24 bits per heavy atom. The van der Waals surface area contributed by atoms with E-state index in [1.54, 1.807) is 4.98 Å². The molecule has 1 aromatic rings. The van der Waals surface area contributed by atoms with Gasteiger partial charge in [-0.3, -0.25) is 18.9 Å². The molecular weight excluding hydrogens is 526 g/mol. The molecule has 2 aliphatic rings. The zero-order valence-electron chi connectivity index (χ0n) is 15.5. The summed E-state index contributed by atoms with van der Waals surface area (Å²) in [5.74, 6) is 0. The number of hydrogen-bond donors (Lipinski definition) is 6. The van der Waals surface area contributed by atoms with Crippen molar-refractivity contribution in [2.75, 3.05) is 6.61 Å². The van der Waals surface area contributed by atoms with Crippen molar-refractivity contribution in [1.82, 2.24) is 9.55 Å². The van der Waals surface area contributed by atoms with E-state index in [9.17, 15) is 33.3 Å². The molecule has 0 amide bonds. The fraction of sp³-hybridized carbons (Fsp3) is 0.600. The summed E-state index contributed by atoms with van der Waals surface area (Å²) in [6, 6.07) is -0.971. The number of halogens is 1. The highest BCUT2D eigenvalue weighted by molar-refractivity contribution is 7.66. The maximum atomic E-state index is 15.0. The van der Waals surface area contributed by atoms with E-state index in [1.807, 2.05) is 0 Å². The number of hydrogen-bond acceptors (Lipinski definition) is 11. The van der Waals surface area contributed by atoms with E-state index in [1.165, 1.54) is 0 Å². The van der Waals surface area contributed by atoms with E-state index >= 15 is 4.39 Å². The summed E-state index contributed by atoms with van der Waals surface area (Å²) in [5, 5.41) is 13.8. The van der Waals surface area contributed by atoms with Crippen LogP contribution in [0, 0.1) is 0 Å². The Balaban J connectivity index is 1.85. The summed E-state index contributed by atoms with van der Waals surface area (Å²) < 4.78 is 66.2. The molecule has 0 spiro atoms. The molecule has 1 aromatic heterocycles. The third-order valence-corrected chi connectivity index (χ3v) is 8.39. The Hall–Kier alpha value is -1.75. The van der Waals surface area contributed by atoms with Gasteiger partial charge in [0.25, 0.3) is 5.56 Å². The van der Waals surface area contributed by atoms with Crippen molar-refractivity contribution in [3.63, 3.8) is 0 Å². The highest BCUT2D eigenvalue weighted by Crippen LogP contribution is 2.69. The number of aromatic nitrogens is 2. The Morgan fingerprint density at radius 3 is 2.42 bits per heavy atom. The number of phosphoric ester groups is 1. The fourth-order valence-corrected chi connectivity index (χ4v) is 6.35. The van der Waals surface area contributed by atoms with Gasteiger partial charge in [-0.05, 0) is 5.53 Å². The molecule has 2 fully saturated rings. The lowest BCUT2D eigenvalue weighted by molar-refractivity contribution is -0.0819. The number of nitrogens with one attached hydrogen (secondary N) is 1. The molecule has 3 rings (SSSR count). The molecule has 33 heavy (non-hydrogen) atoms. The monoisotopic (exact) mass is 539 g/mol. The fourth-order valence-electron chi connectivity index (χ4n) is 3.30. The maximum absolute atomic E-state index is 15.0. The molecular formula is C10H13FN5O14P3. The number of aliphatic hydroxyl groups is 1. The standard InChI is InChI=1S/C10H13FN5O14P3/c11-5-6(16-2-1-4(17)13-8(16)18)28-9(7(14-15-12)10(5,9)19)3-27-32(23,24)30-33(25,26)29-31(20,21)22/h1-2,5-7,19H,3H2,(H,23,24)(H,25,26)(H,13,17,18)(H2,20,21,22)/t5-,6+,7?,9-,10+/m0/s1. The summed E-state index contributed by atoms with van der Waals surface area (Å²) in [5.41, 5.74) is 1.47. The van der Waals surface area contributed by atoms with Crippen molar-refractivity contribution >= 4 is 23.5 Å². The Morgan fingerprint density at radius 2 is 1.88 bits per heavy atom. The first kappa shape index (κ1) is 25.9. The minimum absolute atomic E-state index is 0.510. The van der Waals surface area contributed by atoms with Gasteiger partial charge >= 0.3 is 29.2 Å². The SMILES string of the molecule is [N-]=[N+]=NC1[C@]2(COP(=O)(O)OP(=O)(O)OP(=O)(O)O)O[C@@H](n3ccc(=O)[nH]c3=O)[C@H](F)[C@@]12O. The molecule has 184 valence electrons. The topological polar surface area (TPSA) is 293 Å². The predicted octanol–water partition coefficient (Wildman–Crippen LogP) is -1.09. The van der Waals surface area contributed by atoms with Gasteiger partial charge in [0.05, 0.1) is 6.61 Å². The van der Waals surface area contributed by atoms with Gasteiger partial charge in [-0.25, -0.2) is 22.9 Å². The number of rotatable bonds is 9. The minimum atomic E-state index is -5.87. The van der Waals surface area contributed by atoms with Gasteiger partial charge in [-0.1, -0.05) is 5.11 Å². The van der Waals surface area contributed by atoms with Gasteiger partial charge in [0.2, 0.25) is 0 Å². The molecule has 23 heteroatoms. The number of nitrogens with zero attached hydrogens (tertiary/aromatic N) is 4. The van der Waals surface area contributed by atoms with Gasteiger partial charge in [0, 0.05) is 17.2 Å². The molecule has 19 nitrogen and oxygen atoms in total. The molecule has 3 unspecified atom stereocenters. The van der Waals surface area contributed by atoms with E-state index in [0.29, 0.717) is 4.57 Å². The van der Waals surface area contributed by atoms with Crippen LogP contribution in [0.25, 0.3) is 10.4 Å². The zero-order valence-corrected chi connectivity index (χ0v) is 18.2. The van der Waals surface area contributed by atoms with Crippen LogP contribution in [0.5, 0.6) is 0 Å². The number of azide groups is 1. The molecule has 7 atom stereocenters. The number of aromatic amines is 1. The normalized spacial score (nSPS) is 34.5. The van der Waals surface area contributed by atoms with Gasteiger partial charge in [0.1, 0.15) is 17.2 Å².